The molecule has 0 aliphatic carbocycles. The Morgan fingerprint density at radius 1 is 1.03 bits per heavy atom. The molecule has 2 heterocycles. The second-order valence-corrected chi connectivity index (χ2v) is 8.98. The van der Waals surface area contributed by atoms with E-state index in [1.54, 1.807) is 35.6 Å². The molecule has 5 nitrogen and oxygen atoms in total. The van der Waals surface area contributed by atoms with Crippen LogP contribution in [0, 0.1) is 0 Å². The maximum Gasteiger partial charge on any atom is 0.308 e. The van der Waals surface area contributed by atoms with Gasteiger partial charge in [0.25, 0.3) is 5.91 Å². The number of ether oxygens (including phenoxy) is 1. The second-order valence-electron chi connectivity index (χ2n) is 6.94. The van der Waals surface area contributed by atoms with Crippen molar-refractivity contribution in [2.24, 2.45) is 0 Å². The summed E-state index contributed by atoms with van der Waals surface area (Å²) in [6.07, 6.45) is -0.0122. The average Bonchev–Trinajstić information content (AvgIpc) is 3.50. The van der Waals surface area contributed by atoms with E-state index in [1.807, 2.05) is 52.5 Å². The van der Waals surface area contributed by atoms with Crippen molar-refractivity contribution in [1.82, 2.24) is 10.3 Å². The third kappa shape index (κ3) is 5.62. The van der Waals surface area contributed by atoms with Crippen LogP contribution in [0.5, 0.6) is 0 Å². The van der Waals surface area contributed by atoms with E-state index in [0.717, 1.165) is 16.1 Å². The van der Waals surface area contributed by atoms with Crippen molar-refractivity contribution >= 4 is 46.2 Å². The lowest BCUT2D eigenvalue weighted by Gasteiger charge is -2.19. The van der Waals surface area contributed by atoms with Crippen molar-refractivity contribution < 1.29 is 14.3 Å². The molecule has 8 heteroatoms. The van der Waals surface area contributed by atoms with Crippen LogP contribution in [0.2, 0.25) is 5.02 Å². The molecule has 0 saturated heterocycles. The molecule has 1 N–H and O–H groups in total. The molecule has 0 saturated carbocycles. The van der Waals surface area contributed by atoms with Gasteiger partial charge in [-0.25, -0.2) is 4.98 Å². The highest BCUT2D eigenvalue weighted by molar-refractivity contribution is 7.14. The predicted octanol–water partition coefficient (Wildman–Crippen LogP) is 6.13. The molecule has 4 aromatic rings. The number of hydrogen-bond acceptors (Lipinski definition) is 6. The first-order valence-corrected chi connectivity index (χ1v) is 12.0. The van der Waals surface area contributed by atoms with Crippen LogP contribution in [-0.4, -0.2) is 16.9 Å². The average molecular weight is 483 g/mol. The summed E-state index contributed by atoms with van der Waals surface area (Å²) < 4.78 is 5.45. The van der Waals surface area contributed by atoms with Gasteiger partial charge >= 0.3 is 5.97 Å². The molecule has 1 atom stereocenters. The highest BCUT2D eigenvalue weighted by Gasteiger charge is 2.21. The molecule has 0 aliphatic heterocycles. The van der Waals surface area contributed by atoms with Crippen LogP contribution in [-0.2, 0) is 16.1 Å². The smallest absolute Gasteiger partial charge is 0.308 e. The van der Waals surface area contributed by atoms with Gasteiger partial charge in [-0.1, -0.05) is 54.1 Å². The second kappa shape index (κ2) is 10.5. The quantitative estimate of drug-likeness (QED) is 0.307. The van der Waals surface area contributed by atoms with Gasteiger partial charge in [-0.05, 0) is 29.1 Å². The van der Waals surface area contributed by atoms with E-state index in [2.05, 4.69) is 10.3 Å². The fourth-order valence-corrected chi connectivity index (χ4v) is 4.83. The van der Waals surface area contributed by atoms with E-state index in [9.17, 15) is 9.59 Å². The maximum absolute atomic E-state index is 12.8. The third-order valence-corrected chi connectivity index (χ3v) is 6.65. The molecule has 32 heavy (non-hydrogen) atoms. The van der Waals surface area contributed by atoms with Gasteiger partial charge in [0, 0.05) is 16.3 Å². The molecular weight excluding hydrogens is 464 g/mol. The Labute approximate surface area is 198 Å². The summed E-state index contributed by atoms with van der Waals surface area (Å²) in [4.78, 5) is 29.9. The summed E-state index contributed by atoms with van der Waals surface area (Å²) in [5.74, 6) is -0.777. The zero-order valence-electron chi connectivity index (χ0n) is 16.9. The van der Waals surface area contributed by atoms with Gasteiger partial charge in [0.1, 0.15) is 11.6 Å². The summed E-state index contributed by atoms with van der Waals surface area (Å²) in [5.41, 5.74) is 2.91. The van der Waals surface area contributed by atoms with Gasteiger partial charge in [0.2, 0.25) is 0 Å². The molecule has 1 unspecified atom stereocenters. The van der Waals surface area contributed by atoms with Crippen LogP contribution >= 0.6 is 34.3 Å². The number of hydrogen-bond donors (Lipinski definition) is 1. The van der Waals surface area contributed by atoms with E-state index in [-0.39, 0.29) is 18.9 Å². The largest absolute Gasteiger partial charge is 0.459 e. The lowest BCUT2D eigenvalue weighted by Crippen LogP contribution is -2.30. The molecule has 0 spiro atoms. The molecule has 1 amide bonds. The molecule has 2 aromatic heterocycles. The van der Waals surface area contributed by atoms with Gasteiger partial charge < -0.3 is 10.1 Å². The molecule has 0 bridgehead atoms. The van der Waals surface area contributed by atoms with Crippen LogP contribution in [0.15, 0.2) is 76.8 Å². The highest BCUT2D eigenvalue weighted by Crippen LogP contribution is 2.26. The van der Waals surface area contributed by atoms with Gasteiger partial charge in [-0.2, -0.15) is 11.3 Å². The zero-order chi connectivity index (χ0) is 22.3. The van der Waals surface area contributed by atoms with Crippen molar-refractivity contribution in [2.75, 3.05) is 0 Å². The number of rotatable bonds is 8. The number of esters is 1. The van der Waals surface area contributed by atoms with Crippen LogP contribution in [0.25, 0.3) is 10.6 Å². The fourth-order valence-electron chi connectivity index (χ4n) is 3.09. The fraction of sp³-hybridized carbons (Fsp3) is 0.125. The highest BCUT2D eigenvalue weighted by atomic mass is 35.5. The van der Waals surface area contributed by atoms with Gasteiger partial charge in [0.15, 0.2) is 0 Å². The predicted molar refractivity (Wildman–Crippen MR) is 128 cm³/mol. The molecule has 0 radical (unpaired) electrons. The summed E-state index contributed by atoms with van der Waals surface area (Å²) >= 11 is 9.27. The van der Waals surface area contributed by atoms with Crippen molar-refractivity contribution in [3.63, 3.8) is 0 Å². The van der Waals surface area contributed by atoms with Gasteiger partial charge in [0.05, 0.1) is 28.7 Å². The Morgan fingerprint density at radius 3 is 2.56 bits per heavy atom. The monoisotopic (exact) mass is 482 g/mol. The number of amides is 1. The SMILES string of the molecule is O=C(CC(NC(=O)c1ccccc1Cl)c1ccccc1)OCc1csc(-c2ccsc2)n1. The van der Waals surface area contributed by atoms with Crippen LogP contribution in [0.4, 0.5) is 0 Å². The van der Waals surface area contributed by atoms with Crippen molar-refractivity contribution in [2.45, 2.75) is 19.1 Å². The number of carbonyl (C=O) groups excluding carboxylic acids is 2. The van der Waals surface area contributed by atoms with E-state index in [1.165, 1.54) is 11.3 Å². The molecule has 4 rings (SSSR count). The number of nitrogens with one attached hydrogen (secondary N) is 1. The Hall–Kier alpha value is -3.00. The Kier molecular flexibility index (Phi) is 7.32. The first kappa shape index (κ1) is 22.2. The van der Waals surface area contributed by atoms with E-state index < -0.39 is 12.0 Å². The summed E-state index contributed by atoms with van der Waals surface area (Å²) in [5, 5.41) is 10.1. The normalized spacial score (nSPS) is 11.7. The molecule has 0 fully saturated rings. The van der Waals surface area contributed by atoms with Crippen molar-refractivity contribution in [3.8, 4) is 10.6 Å². The first-order chi connectivity index (χ1) is 15.6. The third-order valence-electron chi connectivity index (χ3n) is 4.70. The summed E-state index contributed by atoms with van der Waals surface area (Å²) in [6.45, 7) is 0.0828. The topological polar surface area (TPSA) is 68.3 Å². The van der Waals surface area contributed by atoms with Gasteiger partial charge in [-0.3, -0.25) is 9.59 Å². The number of thiophene rings is 1. The van der Waals surface area contributed by atoms with Gasteiger partial charge in [-0.15, -0.1) is 11.3 Å². The van der Waals surface area contributed by atoms with Crippen LogP contribution in [0.1, 0.15) is 34.1 Å². The van der Waals surface area contributed by atoms with E-state index in [0.29, 0.717) is 16.3 Å². The maximum atomic E-state index is 12.8. The zero-order valence-corrected chi connectivity index (χ0v) is 19.3. The minimum Gasteiger partial charge on any atom is -0.459 e. The van der Waals surface area contributed by atoms with Crippen molar-refractivity contribution in [1.29, 1.82) is 0 Å². The molecular formula is C24H19ClN2O3S2. The number of benzene rings is 2. The lowest BCUT2D eigenvalue weighted by molar-refractivity contribution is -0.145. The Balaban J connectivity index is 1.41. The molecule has 162 valence electrons. The molecule has 2 aromatic carbocycles. The number of nitrogens with zero attached hydrogens (tertiary/aromatic N) is 1. The van der Waals surface area contributed by atoms with Crippen LogP contribution in [0.3, 0.4) is 0 Å². The Morgan fingerprint density at radius 2 is 1.81 bits per heavy atom. The standard InChI is InChI=1S/C24H19ClN2O3S2/c25-20-9-5-4-8-19(20)23(29)27-21(16-6-2-1-3-7-16)12-22(28)30-13-18-15-32-24(26-18)17-10-11-31-14-17/h1-11,14-15,21H,12-13H2,(H,27,29). The molecule has 0 aliphatic rings. The first-order valence-electron chi connectivity index (χ1n) is 9.83. The number of thiazole rings is 1. The minimum atomic E-state index is -0.552. The van der Waals surface area contributed by atoms with Crippen molar-refractivity contribution in [3.05, 3.63) is 98.6 Å². The Bertz CT molecular complexity index is 1190. The minimum absolute atomic E-state index is 0.0122. The lowest BCUT2D eigenvalue weighted by atomic mass is 10.0. The summed E-state index contributed by atoms with van der Waals surface area (Å²) in [7, 11) is 0. The van der Waals surface area contributed by atoms with Crippen LogP contribution < -0.4 is 5.32 Å². The summed E-state index contributed by atoms with van der Waals surface area (Å²) in [6, 6.07) is 17.6. The number of aromatic nitrogens is 1. The van der Waals surface area contributed by atoms with E-state index >= 15 is 0 Å². The number of carbonyl (C=O) groups is 2. The number of halogens is 1. The van der Waals surface area contributed by atoms with E-state index in [4.69, 9.17) is 16.3 Å².